The minimum atomic E-state index is -3.64. The first-order valence-corrected chi connectivity index (χ1v) is 7.95. The summed E-state index contributed by atoms with van der Waals surface area (Å²) in [6.07, 6.45) is 3.85. The number of carboxylic acids is 1. The number of carbonyl (C=O) groups is 1. The summed E-state index contributed by atoms with van der Waals surface area (Å²) in [6.45, 7) is 3.30. The third-order valence-electron chi connectivity index (χ3n) is 2.97. The molecule has 7 nitrogen and oxygen atoms in total. The van der Waals surface area contributed by atoms with Crippen molar-refractivity contribution in [1.29, 1.82) is 0 Å². The smallest absolute Gasteiger partial charge is 0.545 e. The van der Waals surface area contributed by atoms with Gasteiger partial charge in [-0.25, -0.2) is 8.42 Å². The molecule has 0 atom stereocenters. The van der Waals surface area contributed by atoms with Crippen LogP contribution >= 0.6 is 0 Å². The molecule has 0 aromatic heterocycles. The van der Waals surface area contributed by atoms with E-state index in [4.69, 9.17) is 0 Å². The number of carbonyl (C=O) groups excluding carboxylic acids is 1. The number of allylic oxidation sites excluding steroid dienone is 2. The summed E-state index contributed by atoms with van der Waals surface area (Å²) in [5.74, 6) is -1.86. The van der Waals surface area contributed by atoms with Gasteiger partial charge in [-0.3, -0.25) is 9.71 Å². The first-order valence-electron chi connectivity index (χ1n) is 6.47. The Hall–Kier alpha value is -1.87. The van der Waals surface area contributed by atoms with Crippen LogP contribution in [-0.4, -0.2) is 25.2 Å². The number of carboxylic acid groups (broad SMARTS) is 1. The van der Waals surface area contributed by atoms with Gasteiger partial charge in [0, 0.05) is 23.9 Å². The molecule has 0 bridgehead atoms. The van der Waals surface area contributed by atoms with Crippen LogP contribution in [0.2, 0.25) is 0 Å². The minimum Gasteiger partial charge on any atom is -0.545 e. The van der Waals surface area contributed by atoms with Gasteiger partial charge in [0.1, 0.15) is 5.76 Å². The van der Waals surface area contributed by atoms with E-state index >= 15 is 0 Å². The SMILES string of the molecule is C=CNS(=O)(=O)c1ccc(N=C2C=C(C(=O)[O-])C(O)=CC2)cc1.[Na+]. The molecule has 9 heteroatoms. The monoisotopic (exact) mass is 356 g/mol. The van der Waals surface area contributed by atoms with Gasteiger partial charge in [0.2, 0.25) is 0 Å². The summed E-state index contributed by atoms with van der Waals surface area (Å²) in [6, 6.07) is 5.69. The molecule has 1 aromatic carbocycles. The number of aliphatic carboxylic acids is 1. The van der Waals surface area contributed by atoms with E-state index in [1.807, 2.05) is 0 Å². The van der Waals surface area contributed by atoms with Crippen LogP contribution in [0, 0.1) is 0 Å². The molecule has 2 rings (SSSR count). The quantitative estimate of drug-likeness (QED) is 0.576. The van der Waals surface area contributed by atoms with Gasteiger partial charge >= 0.3 is 29.6 Å². The molecule has 1 aromatic rings. The van der Waals surface area contributed by atoms with E-state index < -0.39 is 16.0 Å². The molecule has 0 aliphatic heterocycles. The van der Waals surface area contributed by atoms with Gasteiger partial charge in [-0.2, -0.15) is 0 Å². The second kappa shape index (κ2) is 8.29. The number of aliphatic imine (C=N–C) groups is 1. The van der Waals surface area contributed by atoms with Crippen LogP contribution in [0.3, 0.4) is 0 Å². The molecule has 0 radical (unpaired) electrons. The summed E-state index contributed by atoms with van der Waals surface area (Å²) in [5.41, 5.74) is 0.507. The largest absolute Gasteiger partial charge is 1.00 e. The molecule has 24 heavy (non-hydrogen) atoms. The summed E-state index contributed by atoms with van der Waals surface area (Å²) in [7, 11) is -3.64. The zero-order valence-electron chi connectivity index (χ0n) is 12.9. The Balaban J connectivity index is 0.00000288. The molecule has 0 saturated heterocycles. The molecule has 0 unspecified atom stereocenters. The zero-order valence-corrected chi connectivity index (χ0v) is 15.7. The summed E-state index contributed by atoms with van der Waals surface area (Å²) < 4.78 is 25.6. The van der Waals surface area contributed by atoms with Crippen LogP contribution in [0.15, 0.2) is 70.4 Å². The number of sulfonamides is 1. The average molecular weight is 356 g/mol. The standard InChI is InChI=1S/C15H14N2O5S.Na/c1-2-16-23(21,22)12-6-3-10(4-7-12)17-11-5-8-14(18)13(9-11)15(19)20;/h2-4,6-9,16,18H,1,5H2,(H,19,20);/q;+1/p-1. The van der Waals surface area contributed by atoms with Crippen molar-refractivity contribution in [2.45, 2.75) is 11.3 Å². The van der Waals surface area contributed by atoms with Crippen LogP contribution in [0.1, 0.15) is 6.42 Å². The van der Waals surface area contributed by atoms with E-state index in [9.17, 15) is 23.4 Å². The maximum atomic E-state index is 11.8. The molecule has 1 aliphatic rings. The minimum absolute atomic E-state index is 0. The molecule has 2 N–H and O–H groups in total. The van der Waals surface area contributed by atoms with E-state index in [0.717, 1.165) is 6.20 Å². The van der Waals surface area contributed by atoms with E-state index in [2.05, 4.69) is 16.3 Å². The number of hydrogen-bond acceptors (Lipinski definition) is 6. The fraction of sp³-hybridized carbons (Fsp3) is 0.0667. The molecule has 0 saturated carbocycles. The molecule has 0 spiro atoms. The summed E-state index contributed by atoms with van der Waals surface area (Å²) in [5, 5.41) is 20.3. The molecule has 0 heterocycles. The second-order valence-corrected chi connectivity index (χ2v) is 6.28. The predicted molar refractivity (Wildman–Crippen MR) is 82.5 cm³/mol. The maximum Gasteiger partial charge on any atom is 1.00 e. The number of aliphatic hydroxyl groups excluding tert-OH is 1. The van der Waals surface area contributed by atoms with Crippen molar-refractivity contribution in [3.63, 3.8) is 0 Å². The van der Waals surface area contributed by atoms with Crippen LogP contribution in [0.4, 0.5) is 5.69 Å². The summed E-state index contributed by atoms with van der Waals surface area (Å²) in [4.78, 5) is 15.1. The van der Waals surface area contributed by atoms with Gasteiger partial charge in [-0.05, 0) is 36.4 Å². The summed E-state index contributed by atoms with van der Waals surface area (Å²) >= 11 is 0. The van der Waals surface area contributed by atoms with E-state index in [1.54, 1.807) is 0 Å². The molecule has 0 fully saturated rings. The van der Waals surface area contributed by atoms with Crippen LogP contribution in [0.25, 0.3) is 0 Å². The van der Waals surface area contributed by atoms with Crippen molar-refractivity contribution < 1.29 is 53.0 Å². The first kappa shape index (κ1) is 20.2. The van der Waals surface area contributed by atoms with Crippen molar-refractivity contribution in [2.24, 2.45) is 4.99 Å². The van der Waals surface area contributed by atoms with Crippen LogP contribution in [0.5, 0.6) is 0 Å². The Morgan fingerprint density at radius 1 is 1.33 bits per heavy atom. The number of nitrogens with one attached hydrogen (secondary N) is 1. The van der Waals surface area contributed by atoms with Gasteiger partial charge in [0.15, 0.2) is 0 Å². The van der Waals surface area contributed by atoms with Gasteiger partial charge in [0.05, 0.1) is 16.6 Å². The van der Waals surface area contributed by atoms with E-state index in [0.29, 0.717) is 11.4 Å². The van der Waals surface area contributed by atoms with Crippen molar-refractivity contribution in [1.82, 2.24) is 4.72 Å². The fourth-order valence-corrected chi connectivity index (χ4v) is 2.75. The van der Waals surface area contributed by atoms with Crippen molar-refractivity contribution >= 4 is 27.4 Å². The van der Waals surface area contributed by atoms with Gasteiger partial charge < -0.3 is 15.0 Å². The first-order chi connectivity index (χ1) is 10.8. The van der Waals surface area contributed by atoms with Gasteiger partial charge in [-0.15, -0.1) is 0 Å². The Morgan fingerprint density at radius 3 is 2.50 bits per heavy atom. The Labute approximate surface area is 161 Å². The van der Waals surface area contributed by atoms with Crippen molar-refractivity contribution in [2.75, 3.05) is 0 Å². The normalized spacial score (nSPS) is 15.8. The molecule has 1 aliphatic carbocycles. The van der Waals surface area contributed by atoms with Crippen LogP contribution in [-0.2, 0) is 14.8 Å². The van der Waals surface area contributed by atoms with E-state index in [1.165, 1.54) is 36.4 Å². The topological polar surface area (TPSA) is 119 Å². The Kier molecular flexibility index (Phi) is 6.97. The maximum absolute atomic E-state index is 11.8. The van der Waals surface area contributed by atoms with E-state index in [-0.39, 0.29) is 52.2 Å². The van der Waals surface area contributed by atoms with Gasteiger partial charge in [0.25, 0.3) is 10.0 Å². The number of aliphatic hydroxyl groups is 1. The number of rotatable bonds is 5. The van der Waals surface area contributed by atoms with Crippen molar-refractivity contribution in [3.05, 3.63) is 60.5 Å². The number of benzene rings is 1. The van der Waals surface area contributed by atoms with Gasteiger partial charge in [-0.1, -0.05) is 6.58 Å². The fourth-order valence-electron chi connectivity index (χ4n) is 1.90. The third kappa shape index (κ3) is 4.81. The third-order valence-corrected chi connectivity index (χ3v) is 4.34. The molecular formula is C15H13N2NaO5S. The molecule has 0 amide bonds. The molecule has 120 valence electrons. The molecular weight excluding hydrogens is 343 g/mol. The number of nitrogens with zero attached hydrogens (tertiary/aromatic N) is 1. The Bertz CT molecular complexity index is 839. The Morgan fingerprint density at radius 2 is 1.96 bits per heavy atom. The second-order valence-electron chi connectivity index (χ2n) is 4.56. The zero-order chi connectivity index (χ0) is 17.0. The average Bonchev–Trinajstić information content (AvgIpc) is 2.49. The van der Waals surface area contributed by atoms with Crippen molar-refractivity contribution in [3.8, 4) is 0 Å². The predicted octanol–water partition coefficient (Wildman–Crippen LogP) is -2.29. The van der Waals surface area contributed by atoms with Crippen LogP contribution < -0.4 is 39.4 Å². The number of hydrogen-bond donors (Lipinski definition) is 2.